The van der Waals surface area contributed by atoms with Gasteiger partial charge in [0.1, 0.15) is 0 Å². The van der Waals surface area contributed by atoms with Crippen LogP contribution in [0.3, 0.4) is 0 Å². The van der Waals surface area contributed by atoms with Gasteiger partial charge < -0.3 is 5.32 Å². The summed E-state index contributed by atoms with van der Waals surface area (Å²) in [6.45, 7) is 3.06. The molecule has 0 aromatic carbocycles. The number of rotatable bonds is 3. The SMILES string of the molecule is O=C(NO)c1cnc2c(c1)CCN(CC1CC3CCC(C1)N3)C2. The Balaban J connectivity index is 1.40. The van der Waals surface area contributed by atoms with E-state index in [2.05, 4.69) is 15.2 Å². The minimum Gasteiger partial charge on any atom is -0.311 e. The van der Waals surface area contributed by atoms with Crippen molar-refractivity contribution in [3.05, 3.63) is 29.1 Å². The van der Waals surface area contributed by atoms with Gasteiger partial charge in [0.05, 0.1) is 11.3 Å². The summed E-state index contributed by atoms with van der Waals surface area (Å²) in [7, 11) is 0. The molecule has 0 radical (unpaired) electrons. The number of hydrogen-bond donors (Lipinski definition) is 3. The maximum atomic E-state index is 11.5. The van der Waals surface area contributed by atoms with Gasteiger partial charge in [-0.2, -0.15) is 0 Å². The number of pyridine rings is 1. The number of aromatic nitrogens is 1. The van der Waals surface area contributed by atoms with Crippen LogP contribution in [0.2, 0.25) is 0 Å². The predicted molar refractivity (Wildman–Crippen MR) is 85.1 cm³/mol. The molecule has 1 aromatic rings. The highest BCUT2D eigenvalue weighted by Crippen LogP contribution is 2.32. The zero-order valence-electron chi connectivity index (χ0n) is 13.3. The van der Waals surface area contributed by atoms with Gasteiger partial charge in [-0.15, -0.1) is 0 Å². The molecule has 1 aromatic heterocycles. The first-order valence-corrected chi connectivity index (χ1v) is 8.62. The molecule has 0 aliphatic carbocycles. The second-order valence-corrected chi connectivity index (χ2v) is 7.23. The highest BCUT2D eigenvalue weighted by atomic mass is 16.5. The number of amides is 1. The Labute approximate surface area is 136 Å². The molecular formula is C17H24N4O2. The van der Waals surface area contributed by atoms with Gasteiger partial charge in [-0.25, -0.2) is 5.48 Å². The van der Waals surface area contributed by atoms with Crippen molar-refractivity contribution in [2.45, 2.75) is 50.7 Å². The van der Waals surface area contributed by atoms with Gasteiger partial charge in [-0.3, -0.25) is 19.9 Å². The van der Waals surface area contributed by atoms with Crippen LogP contribution in [0, 0.1) is 5.92 Å². The molecule has 2 bridgehead atoms. The molecule has 4 rings (SSSR count). The molecule has 6 nitrogen and oxygen atoms in total. The lowest BCUT2D eigenvalue weighted by molar-refractivity contribution is 0.0705. The van der Waals surface area contributed by atoms with Gasteiger partial charge in [0, 0.05) is 37.9 Å². The Kier molecular flexibility index (Phi) is 4.05. The van der Waals surface area contributed by atoms with Gasteiger partial charge in [0.2, 0.25) is 0 Å². The Morgan fingerprint density at radius 1 is 1.39 bits per heavy atom. The number of piperidine rings is 1. The Bertz CT molecular complexity index is 594. The van der Waals surface area contributed by atoms with Gasteiger partial charge in [-0.05, 0) is 49.7 Å². The van der Waals surface area contributed by atoms with Gasteiger partial charge in [0.25, 0.3) is 5.91 Å². The zero-order valence-corrected chi connectivity index (χ0v) is 13.3. The van der Waals surface area contributed by atoms with E-state index in [0.717, 1.165) is 55.3 Å². The Morgan fingerprint density at radius 2 is 2.17 bits per heavy atom. The van der Waals surface area contributed by atoms with Crippen LogP contribution in [0.25, 0.3) is 0 Å². The van der Waals surface area contributed by atoms with Gasteiger partial charge >= 0.3 is 0 Å². The molecule has 3 aliphatic rings. The number of carbonyl (C=O) groups excluding carboxylic acids is 1. The molecular weight excluding hydrogens is 292 g/mol. The lowest BCUT2D eigenvalue weighted by Gasteiger charge is -2.35. The first kappa shape index (κ1) is 15.1. The minimum absolute atomic E-state index is 0.426. The fraction of sp³-hybridized carbons (Fsp3) is 0.647. The third-order valence-corrected chi connectivity index (χ3v) is 5.58. The number of hydroxylamine groups is 1. The average Bonchev–Trinajstić information content (AvgIpc) is 2.92. The first-order chi connectivity index (χ1) is 11.2. The summed E-state index contributed by atoms with van der Waals surface area (Å²) in [5, 5.41) is 12.4. The van der Waals surface area contributed by atoms with Crippen molar-refractivity contribution in [1.82, 2.24) is 20.7 Å². The van der Waals surface area contributed by atoms with Crippen LogP contribution in [0.15, 0.2) is 12.3 Å². The van der Waals surface area contributed by atoms with E-state index in [1.165, 1.54) is 25.7 Å². The van der Waals surface area contributed by atoms with E-state index in [4.69, 9.17) is 5.21 Å². The predicted octanol–water partition coefficient (Wildman–Crippen LogP) is 1.09. The molecule has 23 heavy (non-hydrogen) atoms. The van der Waals surface area contributed by atoms with Crippen LogP contribution in [0.5, 0.6) is 0 Å². The summed E-state index contributed by atoms with van der Waals surface area (Å²) in [5.41, 5.74) is 4.30. The van der Waals surface area contributed by atoms with Crippen molar-refractivity contribution in [2.75, 3.05) is 13.1 Å². The zero-order chi connectivity index (χ0) is 15.8. The summed E-state index contributed by atoms with van der Waals surface area (Å²) in [6, 6.07) is 3.35. The van der Waals surface area contributed by atoms with Gasteiger partial charge in [-0.1, -0.05) is 0 Å². The van der Waals surface area contributed by atoms with Crippen molar-refractivity contribution in [1.29, 1.82) is 0 Å². The topological polar surface area (TPSA) is 77.5 Å². The molecule has 2 fully saturated rings. The van der Waals surface area contributed by atoms with Crippen molar-refractivity contribution in [3.8, 4) is 0 Å². The first-order valence-electron chi connectivity index (χ1n) is 8.62. The van der Waals surface area contributed by atoms with Crippen LogP contribution in [0.4, 0.5) is 0 Å². The molecule has 0 saturated carbocycles. The fourth-order valence-electron chi connectivity index (χ4n) is 4.50. The van der Waals surface area contributed by atoms with E-state index >= 15 is 0 Å². The quantitative estimate of drug-likeness (QED) is 0.575. The molecule has 3 N–H and O–H groups in total. The van der Waals surface area contributed by atoms with Crippen LogP contribution in [0.1, 0.15) is 47.3 Å². The molecule has 6 heteroatoms. The fourth-order valence-corrected chi connectivity index (χ4v) is 4.50. The number of nitrogens with zero attached hydrogens (tertiary/aromatic N) is 2. The lowest BCUT2D eigenvalue weighted by atomic mass is 9.91. The van der Waals surface area contributed by atoms with Crippen LogP contribution < -0.4 is 10.8 Å². The summed E-state index contributed by atoms with van der Waals surface area (Å²) < 4.78 is 0. The number of fused-ring (bicyclic) bond motifs is 3. The Morgan fingerprint density at radius 3 is 2.91 bits per heavy atom. The number of carbonyl (C=O) groups is 1. The second-order valence-electron chi connectivity index (χ2n) is 7.23. The monoisotopic (exact) mass is 316 g/mol. The van der Waals surface area contributed by atoms with Crippen molar-refractivity contribution in [2.24, 2.45) is 5.92 Å². The highest BCUT2D eigenvalue weighted by molar-refractivity contribution is 5.93. The normalized spacial score (nSPS) is 30.0. The maximum Gasteiger partial charge on any atom is 0.276 e. The van der Waals surface area contributed by atoms with E-state index in [9.17, 15) is 4.79 Å². The van der Waals surface area contributed by atoms with Crippen LogP contribution in [-0.4, -0.2) is 46.2 Å². The second kappa shape index (κ2) is 6.19. The van der Waals surface area contributed by atoms with Gasteiger partial charge in [0.15, 0.2) is 0 Å². The highest BCUT2D eigenvalue weighted by Gasteiger charge is 2.34. The summed E-state index contributed by atoms with van der Waals surface area (Å²) >= 11 is 0. The molecule has 4 heterocycles. The average molecular weight is 316 g/mol. The van der Waals surface area contributed by atoms with Crippen molar-refractivity contribution < 1.29 is 10.0 Å². The standard InChI is InChI=1S/C17H24N4O2/c22-17(20-23)13-7-12-3-4-21(10-16(12)18-8-13)9-11-5-14-1-2-15(6-11)19-14/h7-8,11,14-15,19,23H,1-6,9-10H2,(H,20,22). The molecule has 2 unspecified atom stereocenters. The number of nitrogens with one attached hydrogen (secondary N) is 2. The van der Waals surface area contributed by atoms with Crippen LogP contribution >= 0.6 is 0 Å². The molecule has 2 atom stereocenters. The minimum atomic E-state index is -0.493. The van der Waals surface area contributed by atoms with E-state index in [0.29, 0.717) is 5.56 Å². The van der Waals surface area contributed by atoms with Crippen LogP contribution in [-0.2, 0) is 13.0 Å². The summed E-state index contributed by atoms with van der Waals surface area (Å²) in [4.78, 5) is 18.4. The largest absolute Gasteiger partial charge is 0.311 e. The van der Waals surface area contributed by atoms with Crippen molar-refractivity contribution in [3.63, 3.8) is 0 Å². The van der Waals surface area contributed by atoms with E-state index < -0.39 is 5.91 Å². The lowest BCUT2D eigenvalue weighted by Crippen LogP contribution is -2.43. The summed E-state index contributed by atoms with van der Waals surface area (Å²) in [5.74, 6) is 0.308. The Hall–Kier alpha value is -1.50. The molecule has 2 saturated heterocycles. The molecule has 3 aliphatic heterocycles. The number of hydrogen-bond acceptors (Lipinski definition) is 5. The maximum absolute atomic E-state index is 11.5. The van der Waals surface area contributed by atoms with E-state index in [1.807, 2.05) is 6.07 Å². The van der Waals surface area contributed by atoms with E-state index in [-0.39, 0.29) is 0 Å². The third kappa shape index (κ3) is 3.11. The van der Waals surface area contributed by atoms with E-state index in [1.54, 1.807) is 11.7 Å². The molecule has 1 amide bonds. The third-order valence-electron chi connectivity index (χ3n) is 5.58. The summed E-state index contributed by atoms with van der Waals surface area (Å²) in [6.07, 6.45) is 7.79. The van der Waals surface area contributed by atoms with Crippen molar-refractivity contribution >= 4 is 5.91 Å². The molecule has 0 spiro atoms. The molecule has 124 valence electrons. The smallest absolute Gasteiger partial charge is 0.276 e.